The zero-order valence-corrected chi connectivity index (χ0v) is 16.0. The normalized spacial score (nSPS) is 10.8. The number of hydrogen-bond donors (Lipinski definition) is 1. The van der Waals surface area contributed by atoms with E-state index in [-0.39, 0.29) is 0 Å². The number of rotatable bonds is 7. The summed E-state index contributed by atoms with van der Waals surface area (Å²) in [7, 11) is 0. The Hall–Kier alpha value is -3.02. The van der Waals surface area contributed by atoms with Gasteiger partial charge in [-0.1, -0.05) is 47.5 Å². The molecule has 0 unspecified atom stereocenters. The maximum Gasteiger partial charge on any atom is 0.328 e. The summed E-state index contributed by atoms with van der Waals surface area (Å²) in [5.41, 5.74) is 1.53. The maximum absolute atomic E-state index is 10.6. The van der Waals surface area contributed by atoms with E-state index in [1.165, 1.54) is 6.08 Å². The van der Waals surface area contributed by atoms with E-state index in [0.29, 0.717) is 39.6 Å². The average Bonchev–Trinajstić information content (AvgIpc) is 2.68. The van der Waals surface area contributed by atoms with E-state index >= 15 is 0 Å². The Balaban J connectivity index is 1.62. The molecule has 0 atom stereocenters. The van der Waals surface area contributed by atoms with Gasteiger partial charge in [-0.15, -0.1) is 0 Å². The molecular weight excluding hydrogens is 401 g/mol. The second-order valence-electron chi connectivity index (χ2n) is 5.68. The van der Waals surface area contributed by atoms with Crippen LogP contribution in [-0.2, 0) is 11.4 Å². The van der Waals surface area contributed by atoms with Gasteiger partial charge >= 0.3 is 5.97 Å². The molecule has 1 heterocycles. The van der Waals surface area contributed by atoms with Crippen molar-refractivity contribution in [3.05, 3.63) is 88.0 Å². The van der Waals surface area contributed by atoms with Crippen LogP contribution in [0.25, 0.3) is 6.08 Å². The van der Waals surface area contributed by atoms with Gasteiger partial charge < -0.3 is 14.6 Å². The first-order chi connectivity index (χ1) is 13.5. The van der Waals surface area contributed by atoms with Crippen molar-refractivity contribution in [1.82, 2.24) is 4.98 Å². The van der Waals surface area contributed by atoms with Crippen LogP contribution < -0.4 is 9.47 Å². The second-order valence-corrected chi connectivity index (χ2v) is 6.49. The lowest BCUT2D eigenvalue weighted by molar-refractivity contribution is -0.131. The molecule has 1 aromatic heterocycles. The van der Waals surface area contributed by atoms with Crippen molar-refractivity contribution in [2.75, 3.05) is 0 Å². The molecule has 0 aliphatic heterocycles. The van der Waals surface area contributed by atoms with Gasteiger partial charge in [-0.3, -0.25) is 0 Å². The molecular formula is C21H15Cl2NO4. The molecule has 0 bridgehead atoms. The molecule has 0 amide bonds. The zero-order chi connectivity index (χ0) is 19.9. The molecule has 0 spiro atoms. The van der Waals surface area contributed by atoms with Gasteiger partial charge in [0.1, 0.15) is 18.1 Å². The number of aromatic nitrogens is 1. The summed E-state index contributed by atoms with van der Waals surface area (Å²) in [5.74, 6) is 0.303. The number of halogens is 2. The third-order valence-electron chi connectivity index (χ3n) is 3.65. The van der Waals surface area contributed by atoms with E-state index in [2.05, 4.69) is 4.98 Å². The van der Waals surface area contributed by atoms with E-state index in [9.17, 15) is 4.79 Å². The van der Waals surface area contributed by atoms with E-state index < -0.39 is 5.97 Å². The smallest absolute Gasteiger partial charge is 0.328 e. The van der Waals surface area contributed by atoms with Crippen LogP contribution in [-0.4, -0.2) is 16.1 Å². The molecule has 3 aromatic rings. The van der Waals surface area contributed by atoms with Crippen LogP contribution in [0.5, 0.6) is 17.4 Å². The molecule has 7 heteroatoms. The predicted molar refractivity (Wildman–Crippen MR) is 108 cm³/mol. The summed E-state index contributed by atoms with van der Waals surface area (Å²) >= 11 is 12.3. The van der Waals surface area contributed by atoms with E-state index in [4.69, 9.17) is 37.8 Å². The van der Waals surface area contributed by atoms with Crippen molar-refractivity contribution in [3.63, 3.8) is 0 Å². The van der Waals surface area contributed by atoms with Crippen molar-refractivity contribution in [2.45, 2.75) is 6.61 Å². The van der Waals surface area contributed by atoms with Crippen molar-refractivity contribution in [2.24, 2.45) is 0 Å². The Morgan fingerprint density at radius 3 is 2.57 bits per heavy atom. The molecule has 5 nitrogen and oxygen atoms in total. The lowest BCUT2D eigenvalue weighted by atomic mass is 10.2. The van der Waals surface area contributed by atoms with Crippen LogP contribution in [0.3, 0.4) is 0 Å². The van der Waals surface area contributed by atoms with Crippen LogP contribution in [0.15, 0.2) is 66.9 Å². The summed E-state index contributed by atoms with van der Waals surface area (Å²) in [6.07, 6.45) is 4.03. The molecule has 1 N–H and O–H groups in total. The van der Waals surface area contributed by atoms with Crippen molar-refractivity contribution in [3.8, 4) is 17.4 Å². The van der Waals surface area contributed by atoms with Crippen molar-refractivity contribution in [1.29, 1.82) is 0 Å². The maximum atomic E-state index is 10.6. The van der Waals surface area contributed by atoms with Gasteiger partial charge in [0.25, 0.3) is 0 Å². The van der Waals surface area contributed by atoms with Gasteiger partial charge in [0.2, 0.25) is 5.88 Å². The molecule has 142 valence electrons. The van der Waals surface area contributed by atoms with Gasteiger partial charge in [-0.25, -0.2) is 9.78 Å². The van der Waals surface area contributed by atoms with Crippen LogP contribution in [0.4, 0.5) is 0 Å². The highest BCUT2D eigenvalue weighted by Crippen LogP contribution is 2.30. The highest BCUT2D eigenvalue weighted by molar-refractivity contribution is 6.32. The Bertz CT molecular complexity index is 1000. The summed E-state index contributed by atoms with van der Waals surface area (Å²) < 4.78 is 11.3. The number of nitrogens with zero attached hydrogens (tertiary/aromatic N) is 1. The number of carboxylic acid groups (broad SMARTS) is 1. The van der Waals surface area contributed by atoms with Crippen LogP contribution in [0.1, 0.15) is 11.1 Å². The first-order valence-corrected chi connectivity index (χ1v) is 8.97. The second kappa shape index (κ2) is 9.26. The van der Waals surface area contributed by atoms with Gasteiger partial charge in [-0.2, -0.15) is 0 Å². The number of ether oxygens (including phenoxy) is 2. The highest BCUT2D eigenvalue weighted by Gasteiger charge is 2.06. The molecule has 0 aliphatic rings. The fourth-order valence-corrected chi connectivity index (χ4v) is 2.69. The minimum atomic E-state index is -1.03. The molecule has 0 fully saturated rings. The Morgan fingerprint density at radius 1 is 1.07 bits per heavy atom. The largest absolute Gasteiger partial charge is 0.487 e. The number of hydrogen-bond acceptors (Lipinski definition) is 4. The monoisotopic (exact) mass is 415 g/mol. The fourth-order valence-electron chi connectivity index (χ4n) is 2.27. The Morgan fingerprint density at radius 2 is 1.89 bits per heavy atom. The molecule has 28 heavy (non-hydrogen) atoms. The summed E-state index contributed by atoms with van der Waals surface area (Å²) in [6.45, 7) is 0.332. The van der Waals surface area contributed by atoms with Gasteiger partial charge in [0, 0.05) is 22.7 Å². The summed E-state index contributed by atoms with van der Waals surface area (Å²) in [5, 5.41) is 9.65. The first-order valence-electron chi connectivity index (χ1n) is 8.22. The molecule has 0 saturated carbocycles. The third-order valence-corrected chi connectivity index (χ3v) is 4.31. The van der Waals surface area contributed by atoms with Gasteiger partial charge in [-0.05, 0) is 35.9 Å². The topological polar surface area (TPSA) is 68.7 Å². The van der Waals surface area contributed by atoms with Crippen LogP contribution in [0.2, 0.25) is 10.0 Å². The first kappa shape index (κ1) is 19.7. The van der Waals surface area contributed by atoms with E-state index in [1.54, 1.807) is 36.5 Å². The number of benzene rings is 2. The molecule has 3 rings (SSSR count). The quantitative estimate of drug-likeness (QED) is 0.489. The van der Waals surface area contributed by atoms with Gasteiger partial charge in [0.15, 0.2) is 0 Å². The Labute approximate surface area is 171 Å². The van der Waals surface area contributed by atoms with Crippen molar-refractivity contribution < 1.29 is 19.4 Å². The van der Waals surface area contributed by atoms with Crippen LogP contribution in [0, 0.1) is 0 Å². The minimum Gasteiger partial charge on any atom is -0.487 e. The molecule has 2 aromatic carbocycles. The molecule has 0 radical (unpaired) electrons. The lowest BCUT2D eigenvalue weighted by Gasteiger charge is -2.09. The fraction of sp³-hybridized carbons (Fsp3) is 0.0476. The number of pyridine rings is 1. The van der Waals surface area contributed by atoms with Gasteiger partial charge in [0.05, 0.1) is 11.2 Å². The highest BCUT2D eigenvalue weighted by atomic mass is 35.5. The Kier molecular flexibility index (Phi) is 6.53. The number of carbonyl (C=O) groups is 1. The van der Waals surface area contributed by atoms with Crippen molar-refractivity contribution >= 4 is 35.2 Å². The summed E-state index contributed by atoms with van der Waals surface area (Å²) in [6, 6.07) is 15.8. The van der Waals surface area contributed by atoms with E-state index in [1.807, 2.05) is 24.3 Å². The number of carboxylic acids is 1. The number of aliphatic carboxylic acids is 1. The zero-order valence-electron chi connectivity index (χ0n) is 14.5. The molecule has 0 aliphatic carbocycles. The standard InChI is InChI=1S/C21H15Cl2NO4/c22-17-4-2-1-3-15(17)13-27-16-7-9-20(24-12-16)28-19-8-5-14(11-18(19)23)6-10-21(25)26/h1-12H,13H2,(H,25,26)/b10-6+. The van der Waals surface area contributed by atoms with Crippen LogP contribution >= 0.6 is 23.2 Å². The third kappa shape index (κ3) is 5.49. The summed E-state index contributed by atoms with van der Waals surface area (Å²) in [4.78, 5) is 14.8. The lowest BCUT2D eigenvalue weighted by Crippen LogP contribution is -1.97. The minimum absolute atomic E-state index is 0.332. The SMILES string of the molecule is O=C(O)/C=C/c1ccc(Oc2ccc(OCc3ccccc3Cl)cn2)c(Cl)c1. The average molecular weight is 416 g/mol. The van der Waals surface area contributed by atoms with E-state index in [0.717, 1.165) is 11.6 Å². The predicted octanol–water partition coefficient (Wildman–Crippen LogP) is 5.86. The molecule has 0 saturated heterocycles.